The first-order chi connectivity index (χ1) is 15.9. The number of nitrogens with one attached hydrogen (secondary N) is 1. The van der Waals surface area contributed by atoms with Gasteiger partial charge >= 0.3 is 5.97 Å². The fourth-order valence-electron chi connectivity index (χ4n) is 3.01. The smallest absolute Gasteiger partial charge is 0.337 e. The Bertz CT molecular complexity index is 1300. The molecule has 33 heavy (non-hydrogen) atoms. The molecule has 1 aromatic carbocycles. The summed E-state index contributed by atoms with van der Waals surface area (Å²) < 4.78 is 7.53. The minimum Gasteiger partial charge on any atom is -0.478 e. The van der Waals surface area contributed by atoms with Gasteiger partial charge in [-0.05, 0) is 50.2 Å². The van der Waals surface area contributed by atoms with Crippen LogP contribution in [0.5, 0.6) is 11.6 Å². The molecule has 3 heterocycles. The van der Waals surface area contributed by atoms with Gasteiger partial charge in [0.15, 0.2) is 5.82 Å². The predicted molar refractivity (Wildman–Crippen MR) is 119 cm³/mol. The fraction of sp³-hybridized carbons (Fsp3) is 0.130. The van der Waals surface area contributed by atoms with Crippen LogP contribution in [0.4, 0.5) is 5.82 Å². The van der Waals surface area contributed by atoms with Crippen molar-refractivity contribution in [3.8, 4) is 23.1 Å². The SMILES string of the molecule is CC(C)n1cnnc1-c1cccc(NC(=O)c2cccc(Oc3ccc(C(=O)O)cn3)c2)n1. The van der Waals surface area contributed by atoms with Crippen LogP contribution in [0.1, 0.15) is 40.6 Å². The molecule has 4 aromatic rings. The standard InChI is InChI=1S/C23H20N6O4/c1-14(2)29-13-25-28-21(29)18-7-4-8-19(26-18)27-22(30)15-5-3-6-17(11-15)33-20-10-9-16(12-24-20)23(31)32/h3-14H,1-2H3,(H,31,32)(H,26,27,30). The summed E-state index contributed by atoms with van der Waals surface area (Å²) in [7, 11) is 0. The molecule has 0 fully saturated rings. The number of aromatic nitrogens is 5. The van der Waals surface area contributed by atoms with E-state index in [-0.39, 0.29) is 23.4 Å². The average molecular weight is 444 g/mol. The Labute approximate surface area is 188 Å². The summed E-state index contributed by atoms with van der Waals surface area (Å²) in [5.41, 5.74) is 0.996. The molecule has 0 bridgehead atoms. The Morgan fingerprint density at radius 1 is 1.06 bits per heavy atom. The van der Waals surface area contributed by atoms with E-state index in [2.05, 4.69) is 25.5 Å². The topological polar surface area (TPSA) is 132 Å². The van der Waals surface area contributed by atoms with Crippen molar-refractivity contribution in [1.82, 2.24) is 24.7 Å². The number of hydrogen-bond acceptors (Lipinski definition) is 7. The van der Waals surface area contributed by atoms with Gasteiger partial charge in [-0.3, -0.25) is 4.79 Å². The quantitative estimate of drug-likeness (QED) is 0.436. The second kappa shape index (κ2) is 9.27. The van der Waals surface area contributed by atoms with Gasteiger partial charge in [-0.25, -0.2) is 14.8 Å². The zero-order valence-corrected chi connectivity index (χ0v) is 17.8. The lowest BCUT2D eigenvalue weighted by atomic mass is 10.2. The van der Waals surface area contributed by atoms with E-state index in [0.29, 0.717) is 28.6 Å². The number of carbonyl (C=O) groups is 2. The zero-order chi connectivity index (χ0) is 23.4. The van der Waals surface area contributed by atoms with Crippen molar-refractivity contribution in [3.05, 3.63) is 78.2 Å². The molecular formula is C23H20N6O4. The first-order valence-electron chi connectivity index (χ1n) is 10.1. The molecular weight excluding hydrogens is 424 g/mol. The maximum atomic E-state index is 12.8. The maximum absolute atomic E-state index is 12.8. The number of rotatable bonds is 7. The number of carbonyl (C=O) groups excluding carboxylic acids is 1. The number of amides is 1. The molecule has 0 atom stereocenters. The molecule has 4 rings (SSSR count). The van der Waals surface area contributed by atoms with Crippen LogP contribution in [0.15, 0.2) is 67.1 Å². The molecule has 0 radical (unpaired) electrons. The number of anilines is 1. The molecule has 0 aliphatic carbocycles. The monoisotopic (exact) mass is 444 g/mol. The number of hydrogen-bond donors (Lipinski definition) is 2. The van der Waals surface area contributed by atoms with Crippen molar-refractivity contribution in [2.24, 2.45) is 0 Å². The number of pyridine rings is 2. The number of nitrogens with zero attached hydrogens (tertiary/aromatic N) is 5. The molecule has 3 aromatic heterocycles. The lowest BCUT2D eigenvalue weighted by molar-refractivity contribution is 0.0696. The first kappa shape index (κ1) is 21.6. The summed E-state index contributed by atoms with van der Waals surface area (Å²) in [5.74, 6) is 0.122. The molecule has 10 nitrogen and oxygen atoms in total. The Hall–Kier alpha value is -4.60. The Balaban J connectivity index is 1.49. The first-order valence-corrected chi connectivity index (χ1v) is 10.1. The van der Waals surface area contributed by atoms with Crippen LogP contribution in [-0.4, -0.2) is 41.7 Å². The summed E-state index contributed by atoms with van der Waals surface area (Å²) >= 11 is 0. The minimum absolute atomic E-state index is 0.0526. The lowest BCUT2D eigenvalue weighted by Crippen LogP contribution is -2.13. The summed E-state index contributed by atoms with van der Waals surface area (Å²) in [5, 5.41) is 19.8. The maximum Gasteiger partial charge on any atom is 0.337 e. The van der Waals surface area contributed by atoms with Gasteiger partial charge in [0.25, 0.3) is 5.91 Å². The van der Waals surface area contributed by atoms with Crippen LogP contribution in [0.2, 0.25) is 0 Å². The van der Waals surface area contributed by atoms with E-state index in [1.54, 1.807) is 48.8 Å². The molecule has 0 aliphatic rings. The van der Waals surface area contributed by atoms with Crippen LogP contribution in [-0.2, 0) is 0 Å². The average Bonchev–Trinajstić information content (AvgIpc) is 3.30. The molecule has 0 spiro atoms. The van der Waals surface area contributed by atoms with Gasteiger partial charge in [-0.15, -0.1) is 10.2 Å². The van der Waals surface area contributed by atoms with Crippen LogP contribution in [0, 0.1) is 0 Å². The van der Waals surface area contributed by atoms with Crippen LogP contribution >= 0.6 is 0 Å². The number of ether oxygens (including phenoxy) is 1. The highest BCUT2D eigenvalue weighted by Gasteiger charge is 2.14. The third-order valence-electron chi connectivity index (χ3n) is 4.65. The second-order valence-electron chi connectivity index (χ2n) is 7.34. The third-order valence-corrected chi connectivity index (χ3v) is 4.65. The van der Waals surface area contributed by atoms with Gasteiger partial charge in [-0.1, -0.05) is 12.1 Å². The fourth-order valence-corrected chi connectivity index (χ4v) is 3.01. The van der Waals surface area contributed by atoms with Crippen LogP contribution in [0.3, 0.4) is 0 Å². The number of aromatic carboxylic acids is 1. The summed E-state index contributed by atoms with van der Waals surface area (Å²) in [6.07, 6.45) is 2.84. The normalized spacial score (nSPS) is 10.8. The molecule has 0 saturated heterocycles. The summed E-state index contributed by atoms with van der Waals surface area (Å²) in [6, 6.07) is 14.8. The second-order valence-corrected chi connectivity index (χ2v) is 7.34. The molecule has 10 heteroatoms. The highest BCUT2D eigenvalue weighted by Crippen LogP contribution is 2.22. The van der Waals surface area contributed by atoms with Crippen molar-refractivity contribution in [3.63, 3.8) is 0 Å². The van der Waals surface area contributed by atoms with E-state index >= 15 is 0 Å². The van der Waals surface area contributed by atoms with Gasteiger partial charge in [0, 0.05) is 23.9 Å². The highest BCUT2D eigenvalue weighted by molar-refractivity contribution is 6.04. The van der Waals surface area contributed by atoms with Gasteiger partial charge in [-0.2, -0.15) is 0 Å². The summed E-state index contributed by atoms with van der Waals surface area (Å²) in [6.45, 7) is 4.03. The number of carboxylic acid groups (broad SMARTS) is 1. The number of benzene rings is 1. The lowest BCUT2D eigenvalue weighted by Gasteiger charge is -2.11. The number of carboxylic acids is 1. The van der Waals surface area contributed by atoms with Gasteiger partial charge in [0.1, 0.15) is 23.6 Å². The van der Waals surface area contributed by atoms with Crippen molar-refractivity contribution >= 4 is 17.7 Å². The van der Waals surface area contributed by atoms with E-state index in [4.69, 9.17) is 9.84 Å². The van der Waals surface area contributed by atoms with E-state index in [9.17, 15) is 9.59 Å². The van der Waals surface area contributed by atoms with Crippen molar-refractivity contribution in [1.29, 1.82) is 0 Å². The molecule has 2 N–H and O–H groups in total. The Kier molecular flexibility index (Phi) is 6.07. The zero-order valence-electron chi connectivity index (χ0n) is 17.8. The molecule has 0 unspecified atom stereocenters. The largest absolute Gasteiger partial charge is 0.478 e. The van der Waals surface area contributed by atoms with Gasteiger partial charge < -0.3 is 19.7 Å². The van der Waals surface area contributed by atoms with E-state index in [1.165, 1.54) is 18.3 Å². The molecule has 166 valence electrons. The molecule has 0 saturated carbocycles. The van der Waals surface area contributed by atoms with Crippen molar-refractivity contribution < 1.29 is 19.4 Å². The minimum atomic E-state index is -1.07. The molecule has 1 amide bonds. The van der Waals surface area contributed by atoms with E-state index in [1.807, 2.05) is 18.4 Å². The summed E-state index contributed by atoms with van der Waals surface area (Å²) in [4.78, 5) is 32.2. The highest BCUT2D eigenvalue weighted by atomic mass is 16.5. The van der Waals surface area contributed by atoms with Gasteiger partial charge in [0.2, 0.25) is 5.88 Å². The van der Waals surface area contributed by atoms with Crippen LogP contribution < -0.4 is 10.1 Å². The molecule has 0 aliphatic heterocycles. The van der Waals surface area contributed by atoms with Crippen LogP contribution in [0.25, 0.3) is 11.5 Å². The van der Waals surface area contributed by atoms with E-state index < -0.39 is 5.97 Å². The predicted octanol–water partition coefficient (Wildman–Crippen LogP) is 4.06. The van der Waals surface area contributed by atoms with Gasteiger partial charge in [0.05, 0.1) is 5.56 Å². The Morgan fingerprint density at radius 2 is 1.88 bits per heavy atom. The van der Waals surface area contributed by atoms with Crippen molar-refractivity contribution in [2.75, 3.05) is 5.32 Å². The van der Waals surface area contributed by atoms with Crippen molar-refractivity contribution in [2.45, 2.75) is 19.9 Å². The van der Waals surface area contributed by atoms with E-state index in [0.717, 1.165) is 0 Å². The Morgan fingerprint density at radius 3 is 2.61 bits per heavy atom. The third kappa shape index (κ3) is 5.01.